The SMILES string of the molecule is CC[C@H]1C[C@H](C(=O)N2CCCc3cc(C)c(Br)cc32)CCO1. The minimum absolute atomic E-state index is 0.115. The summed E-state index contributed by atoms with van der Waals surface area (Å²) < 4.78 is 6.81. The van der Waals surface area contributed by atoms with Gasteiger partial charge < -0.3 is 9.64 Å². The molecular formula is C18H24BrNO2. The number of benzene rings is 1. The highest BCUT2D eigenvalue weighted by Gasteiger charge is 2.32. The van der Waals surface area contributed by atoms with Gasteiger partial charge in [-0.2, -0.15) is 0 Å². The summed E-state index contributed by atoms with van der Waals surface area (Å²) in [6, 6.07) is 4.34. The summed E-state index contributed by atoms with van der Waals surface area (Å²) in [7, 11) is 0. The molecule has 1 saturated heterocycles. The smallest absolute Gasteiger partial charge is 0.230 e. The Kier molecular flexibility index (Phi) is 4.88. The van der Waals surface area contributed by atoms with Crippen molar-refractivity contribution in [1.29, 1.82) is 0 Å². The number of fused-ring (bicyclic) bond motifs is 1. The monoisotopic (exact) mass is 365 g/mol. The lowest BCUT2D eigenvalue weighted by Gasteiger charge is -2.35. The van der Waals surface area contributed by atoms with Crippen LogP contribution in [0.5, 0.6) is 0 Å². The molecule has 22 heavy (non-hydrogen) atoms. The van der Waals surface area contributed by atoms with E-state index in [0.717, 1.165) is 48.8 Å². The molecule has 0 saturated carbocycles. The van der Waals surface area contributed by atoms with E-state index in [4.69, 9.17) is 4.74 Å². The average molecular weight is 366 g/mol. The Balaban J connectivity index is 1.84. The number of hydrogen-bond acceptors (Lipinski definition) is 2. The van der Waals surface area contributed by atoms with Gasteiger partial charge in [0.25, 0.3) is 0 Å². The third-order valence-electron chi connectivity index (χ3n) is 4.92. The van der Waals surface area contributed by atoms with Crippen molar-refractivity contribution in [1.82, 2.24) is 0 Å². The maximum absolute atomic E-state index is 13.0. The molecule has 120 valence electrons. The van der Waals surface area contributed by atoms with Crippen LogP contribution in [0.2, 0.25) is 0 Å². The maximum Gasteiger partial charge on any atom is 0.230 e. The molecule has 0 spiro atoms. The number of hydrogen-bond donors (Lipinski definition) is 0. The van der Waals surface area contributed by atoms with Gasteiger partial charge in [0, 0.05) is 29.2 Å². The number of amides is 1. The van der Waals surface area contributed by atoms with Crippen LogP contribution in [0.15, 0.2) is 16.6 Å². The molecule has 2 aliphatic rings. The Hall–Kier alpha value is -0.870. The third kappa shape index (κ3) is 3.09. The molecule has 3 nitrogen and oxygen atoms in total. The largest absolute Gasteiger partial charge is 0.378 e. The first-order valence-corrected chi connectivity index (χ1v) is 9.11. The molecule has 0 aromatic heterocycles. The van der Waals surface area contributed by atoms with Gasteiger partial charge in [-0.05, 0) is 56.2 Å². The van der Waals surface area contributed by atoms with E-state index in [1.165, 1.54) is 11.1 Å². The Morgan fingerprint density at radius 3 is 3.05 bits per heavy atom. The molecule has 0 aliphatic carbocycles. The fourth-order valence-corrected chi connectivity index (χ4v) is 3.90. The van der Waals surface area contributed by atoms with Gasteiger partial charge in [0.1, 0.15) is 0 Å². The topological polar surface area (TPSA) is 29.5 Å². The minimum atomic E-state index is 0.115. The van der Waals surface area contributed by atoms with Gasteiger partial charge in [0.15, 0.2) is 0 Å². The van der Waals surface area contributed by atoms with Crippen molar-refractivity contribution in [2.24, 2.45) is 5.92 Å². The highest BCUT2D eigenvalue weighted by atomic mass is 79.9. The highest BCUT2D eigenvalue weighted by Crippen LogP contribution is 2.35. The lowest BCUT2D eigenvalue weighted by atomic mass is 9.91. The zero-order valence-corrected chi connectivity index (χ0v) is 15.0. The quantitative estimate of drug-likeness (QED) is 0.784. The Morgan fingerprint density at radius 1 is 1.45 bits per heavy atom. The Bertz CT molecular complexity index is 572. The zero-order valence-electron chi connectivity index (χ0n) is 13.4. The van der Waals surface area contributed by atoms with E-state index in [-0.39, 0.29) is 12.0 Å². The van der Waals surface area contributed by atoms with Crippen LogP contribution < -0.4 is 4.90 Å². The molecule has 0 bridgehead atoms. The zero-order chi connectivity index (χ0) is 15.7. The van der Waals surface area contributed by atoms with Gasteiger partial charge in [-0.1, -0.05) is 28.9 Å². The number of nitrogens with zero attached hydrogens (tertiary/aromatic N) is 1. The fraction of sp³-hybridized carbons (Fsp3) is 0.611. The second-order valence-corrected chi connectivity index (χ2v) is 7.30. The molecule has 4 heteroatoms. The van der Waals surface area contributed by atoms with Crippen molar-refractivity contribution in [2.75, 3.05) is 18.1 Å². The number of aryl methyl sites for hydroxylation is 2. The van der Waals surface area contributed by atoms with Crippen molar-refractivity contribution < 1.29 is 9.53 Å². The second-order valence-electron chi connectivity index (χ2n) is 6.45. The van der Waals surface area contributed by atoms with E-state index in [1.54, 1.807) is 0 Å². The summed E-state index contributed by atoms with van der Waals surface area (Å²) in [6.07, 6.45) is 5.09. The van der Waals surface area contributed by atoms with Crippen LogP contribution in [-0.2, 0) is 16.0 Å². The summed E-state index contributed by atoms with van der Waals surface area (Å²) in [4.78, 5) is 15.0. The molecule has 1 amide bonds. The van der Waals surface area contributed by atoms with Crippen molar-refractivity contribution >= 4 is 27.5 Å². The van der Waals surface area contributed by atoms with E-state index in [1.807, 2.05) is 4.90 Å². The fourth-order valence-electron chi connectivity index (χ4n) is 3.57. The molecular weight excluding hydrogens is 342 g/mol. The van der Waals surface area contributed by atoms with Crippen molar-refractivity contribution in [3.63, 3.8) is 0 Å². The molecule has 1 aromatic carbocycles. The summed E-state index contributed by atoms with van der Waals surface area (Å²) in [5.41, 5.74) is 3.65. The van der Waals surface area contributed by atoms with Gasteiger partial charge in [-0.15, -0.1) is 0 Å². The Morgan fingerprint density at radius 2 is 2.27 bits per heavy atom. The highest BCUT2D eigenvalue weighted by molar-refractivity contribution is 9.10. The maximum atomic E-state index is 13.0. The lowest BCUT2D eigenvalue weighted by Crippen LogP contribution is -2.42. The lowest BCUT2D eigenvalue weighted by molar-refractivity contribution is -0.127. The summed E-state index contributed by atoms with van der Waals surface area (Å²) in [6.45, 7) is 5.80. The first-order chi connectivity index (χ1) is 10.6. The summed E-state index contributed by atoms with van der Waals surface area (Å²) in [5.74, 6) is 0.406. The van der Waals surface area contributed by atoms with Crippen LogP contribution in [0, 0.1) is 12.8 Å². The van der Waals surface area contributed by atoms with Crippen LogP contribution in [-0.4, -0.2) is 25.2 Å². The third-order valence-corrected chi connectivity index (χ3v) is 5.77. The van der Waals surface area contributed by atoms with Gasteiger partial charge in [-0.25, -0.2) is 0 Å². The van der Waals surface area contributed by atoms with Crippen molar-refractivity contribution in [3.05, 3.63) is 27.7 Å². The number of anilines is 1. The predicted octanol–water partition coefficient (Wildman–Crippen LogP) is 4.24. The van der Waals surface area contributed by atoms with Crippen LogP contribution in [0.25, 0.3) is 0 Å². The van der Waals surface area contributed by atoms with Crippen LogP contribution in [0.1, 0.15) is 43.7 Å². The number of ether oxygens (including phenoxy) is 1. The van der Waals surface area contributed by atoms with Gasteiger partial charge >= 0.3 is 0 Å². The first kappa shape index (κ1) is 16.0. The average Bonchev–Trinajstić information content (AvgIpc) is 2.55. The van der Waals surface area contributed by atoms with Crippen molar-refractivity contribution in [3.8, 4) is 0 Å². The number of carbonyl (C=O) groups is 1. The molecule has 1 fully saturated rings. The van der Waals surface area contributed by atoms with E-state index in [0.29, 0.717) is 12.5 Å². The van der Waals surface area contributed by atoms with Crippen molar-refractivity contribution in [2.45, 2.75) is 52.1 Å². The summed E-state index contributed by atoms with van der Waals surface area (Å²) in [5, 5.41) is 0. The van der Waals surface area contributed by atoms with E-state index < -0.39 is 0 Å². The number of carbonyl (C=O) groups excluding carboxylic acids is 1. The second kappa shape index (κ2) is 6.71. The number of rotatable bonds is 2. The molecule has 2 heterocycles. The van der Waals surface area contributed by atoms with Crippen LogP contribution in [0.3, 0.4) is 0 Å². The molecule has 0 unspecified atom stereocenters. The molecule has 3 rings (SSSR count). The van der Waals surface area contributed by atoms with Gasteiger partial charge in [-0.3, -0.25) is 4.79 Å². The molecule has 2 aliphatic heterocycles. The molecule has 0 radical (unpaired) electrons. The van der Waals surface area contributed by atoms with E-state index in [2.05, 4.69) is 41.9 Å². The van der Waals surface area contributed by atoms with Gasteiger partial charge in [0.05, 0.1) is 6.10 Å². The van der Waals surface area contributed by atoms with Crippen LogP contribution >= 0.6 is 15.9 Å². The Labute approximate surface area is 141 Å². The predicted molar refractivity (Wildman–Crippen MR) is 92.3 cm³/mol. The van der Waals surface area contributed by atoms with Crippen LogP contribution in [0.4, 0.5) is 5.69 Å². The van der Waals surface area contributed by atoms with Gasteiger partial charge in [0.2, 0.25) is 5.91 Å². The normalized spacial score (nSPS) is 25.0. The number of halogens is 1. The molecule has 2 atom stereocenters. The van der Waals surface area contributed by atoms with E-state index in [9.17, 15) is 4.79 Å². The molecule has 1 aromatic rings. The molecule has 0 N–H and O–H groups in total. The summed E-state index contributed by atoms with van der Waals surface area (Å²) >= 11 is 3.61. The first-order valence-electron chi connectivity index (χ1n) is 8.32. The van der Waals surface area contributed by atoms with E-state index >= 15 is 0 Å². The standard InChI is InChI=1S/C18H24BrNO2/c1-3-15-10-14(6-8-22-15)18(21)20-7-4-5-13-9-12(2)16(19)11-17(13)20/h9,11,14-15H,3-8,10H2,1-2H3/t14-,15+/m1/s1. The minimum Gasteiger partial charge on any atom is -0.378 e.